The predicted octanol–water partition coefficient (Wildman–Crippen LogP) is 1.54. The molecule has 0 aromatic carbocycles. The molecule has 2 heteroatoms. The van der Waals surface area contributed by atoms with Crippen molar-refractivity contribution in [2.45, 2.75) is 33.6 Å². The highest BCUT2D eigenvalue weighted by Gasteiger charge is 2.71. The van der Waals surface area contributed by atoms with Gasteiger partial charge < -0.3 is 5.73 Å². The first-order valence-electron chi connectivity index (χ1n) is 4.68. The van der Waals surface area contributed by atoms with E-state index in [9.17, 15) is 4.79 Å². The van der Waals surface area contributed by atoms with Crippen molar-refractivity contribution in [3.8, 4) is 0 Å². The van der Waals surface area contributed by atoms with Gasteiger partial charge in [0.25, 0.3) is 0 Å². The van der Waals surface area contributed by atoms with Crippen LogP contribution >= 0.6 is 0 Å². The van der Waals surface area contributed by atoms with Gasteiger partial charge in [-0.25, -0.2) is 0 Å². The van der Waals surface area contributed by atoms with Crippen LogP contribution in [0.1, 0.15) is 33.6 Å². The molecule has 3 rings (SSSR count). The maximum absolute atomic E-state index is 11.1. The number of nitrogens with two attached hydrogens (primary N) is 1. The first kappa shape index (κ1) is 8.09. The molecule has 3 aliphatic rings. The van der Waals surface area contributed by atoms with Crippen molar-refractivity contribution >= 4 is 5.91 Å². The molecule has 68 valence electrons. The summed E-state index contributed by atoms with van der Waals surface area (Å²) in [6.07, 6.45) is 2.45. The second-order valence-electron chi connectivity index (χ2n) is 5.45. The predicted molar refractivity (Wildman–Crippen MR) is 47.3 cm³/mol. The molecule has 0 aromatic heterocycles. The van der Waals surface area contributed by atoms with Crippen LogP contribution in [0.5, 0.6) is 0 Å². The van der Waals surface area contributed by atoms with E-state index in [0.29, 0.717) is 5.92 Å². The van der Waals surface area contributed by atoms with Gasteiger partial charge in [0.15, 0.2) is 0 Å². The normalized spacial score (nSPS) is 44.6. The third kappa shape index (κ3) is 0.644. The van der Waals surface area contributed by atoms with Gasteiger partial charge in [0.1, 0.15) is 0 Å². The molecule has 2 nitrogen and oxygen atoms in total. The molecule has 0 heterocycles. The molecule has 1 atom stereocenters. The van der Waals surface area contributed by atoms with Crippen molar-refractivity contribution in [3.63, 3.8) is 0 Å². The summed E-state index contributed by atoms with van der Waals surface area (Å²) in [6, 6.07) is 0. The van der Waals surface area contributed by atoms with Gasteiger partial charge >= 0.3 is 0 Å². The lowest BCUT2D eigenvalue weighted by atomic mass is 9.31. The summed E-state index contributed by atoms with van der Waals surface area (Å²) in [5, 5.41) is 0. The highest BCUT2D eigenvalue weighted by Crippen LogP contribution is 2.75. The topological polar surface area (TPSA) is 43.1 Å². The number of hydrogen-bond donors (Lipinski definition) is 1. The maximum atomic E-state index is 11.1. The van der Waals surface area contributed by atoms with E-state index in [0.717, 1.165) is 0 Å². The Morgan fingerprint density at radius 2 is 1.92 bits per heavy atom. The lowest BCUT2D eigenvalue weighted by Gasteiger charge is -2.72. The van der Waals surface area contributed by atoms with Crippen molar-refractivity contribution < 1.29 is 4.79 Å². The van der Waals surface area contributed by atoms with E-state index in [1.165, 1.54) is 12.8 Å². The molecular weight excluding hydrogens is 150 g/mol. The first-order valence-corrected chi connectivity index (χ1v) is 4.68. The fraction of sp³-hybridized carbons (Fsp3) is 0.900. The van der Waals surface area contributed by atoms with Gasteiger partial charge in [-0.3, -0.25) is 4.79 Å². The summed E-state index contributed by atoms with van der Waals surface area (Å²) in [6.45, 7) is 6.66. The minimum atomic E-state index is -0.0765. The second kappa shape index (κ2) is 1.86. The molecule has 12 heavy (non-hydrogen) atoms. The fourth-order valence-corrected chi connectivity index (χ4v) is 3.08. The van der Waals surface area contributed by atoms with Gasteiger partial charge in [0.05, 0.1) is 0 Å². The van der Waals surface area contributed by atoms with Crippen LogP contribution in [0, 0.1) is 22.7 Å². The molecule has 2 N–H and O–H groups in total. The Morgan fingerprint density at radius 1 is 1.42 bits per heavy atom. The highest BCUT2D eigenvalue weighted by molar-refractivity contribution is 5.81. The minimum absolute atomic E-state index is 0.0765. The molecule has 1 amide bonds. The molecule has 0 aromatic rings. The molecular formula is C10H17NO. The highest BCUT2D eigenvalue weighted by atomic mass is 16.1. The monoisotopic (exact) mass is 167 g/mol. The van der Waals surface area contributed by atoms with Gasteiger partial charge in [0.2, 0.25) is 5.91 Å². The molecule has 0 aliphatic heterocycles. The van der Waals surface area contributed by atoms with Crippen LogP contribution in [0.15, 0.2) is 0 Å². The number of hydrogen-bond acceptors (Lipinski definition) is 1. The zero-order valence-corrected chi connectivity index (χ0v) is 8.05. The smallest absolute Gasteiger partial charge is 0.221 e. The van der Waals surface area contributed by atoms with Gasteiger partial charge in [-0.15, -0.1) is 0 Å². The van der Waals surface area contributed by atoms with Gasteiger partial charge in [-0.2, -0.15) is 0 Å². The van der Waals surface area contributed by atoms with Crippen LogP contribution in [0.2, 0.25) is 0 Å². The SMILES string of the molecule is CC(C)(C)C12CC(C1)C2C(N)=O. The lowest BCUT2D eigenvalue weighted by Crippen LogP contribution is -2.70. The number of carbonyl (C=O) groups excluding carboxylic acids is 1. The Morgan fingerprint density at radius 3 is 2.00 bits per heavy atom. The van der Waals surface area contributed by atoms with E-state index in [2.05, 4.69) is 20.8 Å². The molecule has 3 fully saturated rings. The molecule has 3 aliphatic carbocycles. The molecule has 0 radical (unpaired) electrons. The lowest BCUT2D eigenvalue weighted by molar-refractivity contribution is -0.242. The quantitative estimate of drug-likeness (QED) is 0.632. The standard InChI is InChI=1S/C10H17NO/c1-9(2,3)10-4-6(5-10)7(10)8(11)12/h6-7H,4-5H2,1-3H3,(H2,11,12). The van der Waals surface area contributed by atoms with Gasteiger partial charge in [-0.05, 0) is 29.6 Å². The molecule has 2 bridgehead atoms. The Hall–Kier alpha value is -0.530. The first-order chi connectivity index (χ1) is 5.38. The van der Waals surface area contributed by atoms with Crippen molar-refractivity contribution in [2.24, 2.45) is 28.4 Å². The minimum Gasteiger partial charge on any atom is -0.369 e. The summed E-state index contributed by atoms with van der Waals surface area (Å²) in [7, 11) is 0. The Kier molecular flexibility index (Phi) is 1.25. The van der Waals surface area contributed by atoms with Crippen molar-refractivity contribution in [1.29, 1.82) is 0 Å². The number of carbonyl (C=O) groups is 1. The third-order valence-electron chi connectivity index (χ3n) is 4.12. The van der Waals surface area contributed by atoms with Crippen LogP contribution in [-0.2, 0) is 4.79 Å². The number of primary amides is 1. The van der Waals surface area contributed by atoms with E-state index < -0.39 is 0 Å². The molecule has 3 saturated carbocycles. The largest absolute Gasteiger partial charge is 0.369 e. The number of rotatable bonds is 1. The van der Waals surface area contributed by atoms with E-state index in [1.807, 2.05) is 0 Å². The Balaban J connectivity index is 2.20. The van der Waals surface area contributed by atoms with Crippen molar-refractivity contribution in [3.05, 3.63) is 0 Å². The van der Waals surface area contributed by atoms with Crippen LogP contribution in [0.25, 0.3) is 0 Å². The van der Waals surface area contributed by atoms with E-state index >= 15 is 0 Å². The van der Waals surface area contributed by atoms with Crippen LogP contribution < -0.4 is 5.73 Å². The van der Waals surface area contributed by atoms with E-state index in [4.69, 9.17) is 5.73 Å². The third-order valence-corrected chi connectivity index (χ3v) is 4.12. The zero-order chi connectivity index (χ0) is 9.15. The van der Waals surface area contributed by atoms with Gasteiger partial charge in [0, 0.05) is 5.92 Å². The summed E-state index contributed by atoms with van der Waals surface area (Å²) >= 11 is 0. The summed E-state index contributed by atoms with van der Waals surface area (Å²) in [5.74, 6) is 0.742. The average molecular weight is 167 g/mol. The van der Waals surface area contributed by atoms with Gasteiger partial charge in [-0.1, -0.05) is 20.8 Å². The van der Waals surface area contributed by atoms with E-state index in [-0.39, 0.29) is 22.7 Å². The Bertz CT molecular complexity index is 233. The van der Waals surface area contributed by atoms with Crippen molar-refractivity contribution in [1.82, 2.24) is 0 Å². The van der Waals surface area contributed by atoms with Crippen molar-refractivity contribution in [2.75, 3.05) is 0 Å². The maximum Gasteiger partial charge on any atom is 0.221 e. The molecule has 1 unspecified atom stereocenters. The zero-order valence-electron chi connectivity index (χ0n) is 8.05. The summed E-state index contributed by atoms with van der Waals surface area (Å²) in [4.78, 5) is 11.1. The fourth-order valence-electron chi connectivity index (χ4n) is 3.08. The van der Waals surface area contributed by atoms with E-state index in [1.54, 1.807) is 0 Å². The summed E-state index contributed by atoms with van der Waals surface area (Å²) < 4.78 is 0. The second-order valence-corrected chi connectivity index (χ2v) is 5.45. The summed E-state index contributed by atoms with van der Waals surface area (Å²) in [5.41, 5.74) is 5.88. The van der Waals surface area contributed by atoms with Crippen LogP contribution in [0.4, 0.5) is 0 Å². The van der Waals surface area contributed by atoms with Crippen LogP contribution in [-0.4, -0.2) is 5.91 Å². The molecule has 0 spiro atoms. The number of amides is 1. The molecule has 0 saturated heterocycles. The average Bonchev–Trinajstić information content (AvgIpc) is 1.45. The van der Waals surface area contributed by atoms with Crippen LogP contribution in [0.3, 0.4) is 0 Å². The Labute approximate surface area is 73.5 Å².